The second-order valence-electron chi connectivity index (χ2n) is 4.56. The van der Waals surface area contributed by atoms with Crippen LogP contribution in [-0.4, -0.2) is 6.04 Å². The summed E-state index contributed by atoms with van der Waals surface area (Å²) in [5.41, 5.74) is 1.85. The Morgan fingerprint density at radius 2 is 2.00 bits per heavy atom. The van der Waals surface area contributed by atoms with E-state index in [1.165, 1.54) is 19.3 Å². The van der Waals surface area contributed by atoms with Crippen LogP contribution in [0.3, 0.4) is 0 Å². The Hall–Kier alpha value is -1.05. The molecule has 90 valence electrons. The quantitative estimate of drug-likeness (QED) is 0.699. The minimum Gasteiger partial charge on any atom is -0.383 e. The molecule has 1 nitrogen and oxygen atoms in total. The highest BCUT2D eigenvalue weighted by Gasteiger charge is 2.03. The highest BCUT2D eigenvalue weighted by atomic mass is 19.1. The van der Waals surface area contributed by atoms with Crippen molar-refractivity contribution in [2.45, 2.75) is 52.5 Å². The summed E-state index contributed by atoms with van der Waals surface area (Å²) in [6, 6.07) is 5.50. The van der Waals surface area contributed by atoms with Gasteiger partial charge in [-0.3, -0.25) is 0 Å². The largest absolute Gasteiger partial charge is 0.383 e. The van der Waals surface area contributed by atoms with Gasteiger partial charge in [-0.05, 0) is 44.0 Å². The Morgan fingerprint density at radius 3 is 2.62 bits per heavy atom. The highest BCUT2D eigenvalue weighted by Crippen LogP contribution is 2.16. The van der Waals surface area contributed by atoms with Crippen molar-refractivity contribution in [3.8, 4) is 0 Å². The summed E-state index contributed by atoms with van der Waals surface area (Å²) in [6.45, 7) is 6.26. The molecule has 0 radical (unpaired) electrons. The first-order valence-electron chi connectivity index (χ1n) is 6.15. The van der Waals surface area contributed by atoms with Crippen LogP contribution in [0.25, 0.3) is 0 Å². The smallest absolute Gasteiger partial charge is 0.125 e. The van der Waals surface area contributed by atoms with Crippen molar-refractivity contribution in [1.29, 1.82) is 0 Å². The highest BCUT2D eigenvalue weighted by molar-refractivity contribution is 5.46. The van der Waals surface area contributed by atoms with E-state index in [1.807, 2.05) is 13.0 Å². The van der Waals surface area contributed by atoms with Crippen LogP contribution in [0.5, 0.6) is 0 Å². The van der Waals surface area contributed by atoms with Gasteiger partial charge >= 0.3 is 0 Å². The zero-order valence-corrected chi connectivity index (χ0v) is 10.5. The minimum atomic E-state index is -0.164. The van der Waals surface area contributed by atoms with Gasteiger partial charge in [-0.15, -0.1) is 0 Å². The Morgan fingerprint density at radius 1 is 1.25 bits per heavy atom. The van der Waals surface area contributed by atoms with Crippen LogP contribution in [0, 0.1) is 12.7 Å². The average molecular weight is 223 g/mol. The fraction of sp³-hybridized carbons (Fsp3) is 0.571. The van der Waals surface area contributed by atoms with Crippen molar-refractivity contribution in [2.75, 3.05) is 5.32 Å². The molecule has 16 heavy (non-hydrogen) atoms. The van der Waals surface area contributed by atoms with E-state index in [9.17, 15) is 4.39 Å². The van der Waals surface area contributed by atoms with Crippen LogP contribution in [0.15, 0.2) is 18.2 Å². The van der Waals surface area contributed by atoms with E-state index in [0.717, 1.165) is 17.7 Å². The topological polar surface area (TPSA) is 12.0 Å². The molecule has 0 amide bonds. The molecule has 1 atom stereocenters. The normalized spacial score (nSPS) is 12.5. The van der Waals surface area contributed by atoms with Crippen molar-refractivity contribution in [2.24, 2.45) is 0 Å². The molecule has 0 fully saturated rings. The van der Waals surface area contributed by atoms with Crippen molar-refractivity contribution < 1.29 is 4.39 Å². The van der Waals surface area contributed by atoms with E-state index in [2.05, 4.69) is 19.2 Å². The van der Waals surface area contributed by atoms with Crippen LogP contribution >= 0.6 is 0 Å². The number of anilines is 1. The predicted molar refractivity (Wildman–Crippen MR) is 68.4 cm³/mol. The van der Waals surface area contributed by atoms with E-state index in [0.29, 0.717) is 6.04 Å². The van der Waals surface area contributed by atoms with Crippen LogP contribution in [0.1, 0.15) is 45.1 Å². The maximum Gasteiger partial charge on any atom is 0.125 e. The van der Waals surface area contributed by atoms with Crippen molar-refractivity contribution in [1.82, 2.24) is 0 Å². The molecule has 0 aromatic heterocycles. The van der Waals surface area contributed by atoms with Gasteiger partial charge in [0.05, 0.1) is 0 Å². The van der Waals surface area contributed by atoms with Crippen molar-refractivity contribution in [3.05, 3.63) is 29.6 Å². The van der Waals surface area contributed by atoms with E-state index in [1.54, 1.807) is 12.1 Å². The van der Waals surface area contributed by atoms with Crippen LogP contribution < -0.4 is 5.32 Å². The number of halogens is 1. The zero-order chi connectivity index (χ0) is 12.0. The molecule has 0 saturated heterocycles. The second kappa shape index (κ2) is 6.51. The monoisotopic (exact) mass is 223 g/mol. The van der Waals surface area contributed by atoms with Gasteiger partial charge in [-0.1, -0.05) is 26.2 Å². The molecule has 1 unspecified atom stereocenters. The lowest BCUT2D eigenvalue weighted by Crippen LogP contribution is -2.15. The van der Waals surface area contributed by atoms with Gasteiger partial charge in [-0.2, -0.15) is 0 Å². The summed E-state index contributed by atoms with van der Waals surface area (Å²) >= 11 is 0. The second-order valence-corrected chi connectivity index (χ2v) is 4.56. The molecular formula is C14H22FN. The standard InChI is InChI=1S/C14H22FN/c1-4-5-6-7-12(3)16-14-9-11(2)8-13(15)10-14/h8-10,12,16H,4-7H2,1-3H3. The zero-order valence-electron chi connectivity index (χ0n) is 10.5. The van der Waals surface area contributed by atoms with E-state index in [-0.39, 0.29) is 5.82 Å². The first-order valence-corrected chi connectivity index (χ1v) is 6.15. The molecule has 0 heterocycles. The van der Waals surface area contributed by atoms with Crippen LogP contribution in [0.4, 0.5) is 10.1 Å². The number of nitrogens with one attached hydrogen (secondary N) is 1. The summed E-state index contributed by atoms with van der Waals surface area (Å²) in [5.74, 6) is -0.164. The third-order valence-corrected chi connectivity index (χ3v) is 2.70. The first-order chi connectivity index (χ1) is 7.61. The van der Waals surface area contributed by atoms with E-state index >= 15 is 0 Å². The molecule has 0 aliphatic rings. The molecule has 1 aromatic carbocycles. The summed E-state index contributed by atoms with van der Waals surface area (Å²) in [5, 5.41) is 3.34. The molecule has 1 aromatic rings. The fourth-order valence-electron chi connectivity index (χ4n) is 1.88. The first kappa shape index (κ1) is 13.0. The number of aryl methyl sites for hydroxylation is 1. The number of rotatable bonds is 6. The summed E-state index contributed by atoms with van der Waals surface area (Å²) in [4.78, 5) is 0. The number of hydrogen-bond donors (Lipinski definition) is 1. The van der Waals surface area contributed by atoms with Gasteiger partial charge in [0, 0.05) is 11.7 Å². The minimum absolute atomic E-state index is 0.164. The van der Waals surface area contributed by atoms with Crippen molar-refractivity contribution in [3.63, 3.8) is 0 Å². The summed E-state index contributed by atoms with van der Waals surface area (Å²) in [6.07, 6.45) is 4.89. The Balaban J connectivity index is 2.45. The number of unbranched alkanes of at least 4 members (excludes halogenated alkanes) is 2. The lowest BCUT2D eigenvalue weighted by molar-refractivity contribution is 0.611. The van der Waals surface area contributed by atoms with Gasteiger partial charge in [-0.25, -0.2) is 4.39 Å². The number of hydrogen-bond acceptors (Lipinski definition) is 1. The molecule has 0 bridgehead atoms. The third kappa shape index (κ3) is 4.65. The Labute approximate surface area is 98.1 Å². The molecule has 0 saturated carbocycles. The van der Waals surface area contributed by atoms with Crippen molar-refractivity contribution >= 4 is 5.69 Å². The van der Waals surface area contributed by atoms with Gasteiger partial charge < -0.3 is 5.32 Å². The summed E-state index contributed by atoms with van der Waals surface area (Å²) in [7, 11) is 0. The summed E-state index contributed by atoms with van der Waals surface area (Å²) < 4.78 is 13.1. The fourth-order valence-corrected chi connectivity index (χ4v) is 1.88. The molecule has 0 spiro atoms. The Bertz CT molecular complexity index is 302. The van der Waals surface area contributed by atoms with Gasteiger partial charge in [0.25, 0.3) is 0 Å². The average Bonchev–Trinajstić information content (AvgIpc) is 2.16. The van der Waals surface area contributed by atoms with Gasteiger partial charge in [0.1, 0.15) is 5.82 Å². The predicted octanol–water partition coefficient (Wildman–Crippen LogP) is 4.51. The van der Waals surface area contributed by atoms with Gasteiger partial charge in [0.15, 0.2) is 0 Å². The molecule has 0 aliphatic carbocycles. The third-order valence-electron chi connectivity index (χ3n) is 2.70. The SMILES string of the molecule is CCCCCC(C)Nc1cc(C)cc(F)c1. The number of benzene rings is 1. The van der Waals surface area contributed by atoms with E-state index < -0.39 is 0 Å². The van der Waals surface area contributed by atoms with Crippen LogP contribution in [0.2, 0.25) is 0 Å². The molecule has 0 aliphatic heterocycles. The lowest BCUT2D eigenvalue weighted by Gasteiger charge is -2.15. The lowest BCUT2D eigenvalue weighted by atomic mass is 10.1. The molecule has 1 N–H and O–H groups in total. The Kier molecular flexibility index (Phi) is 5.30. The molecule has 1 rings (SSSR count). The maximum absolute atomic E-state index is 13.1. The van der Waals surface area contributed by atoms with Gasteiger partial charge in [0.2, 0.25) is 0 Å². The maximum atomic E-state index is 13.1. The molecule has 2 heteroatoms. The van der Waals surface area contributed by atoms with Crippen LogP contribution in [-0.2, 0) is 0 Å². The molecular weight excluding hydrogens is 201 g/mol. The van der Waals surface area contributed by atoms with E-state index in [4.69, 9.17) is 0 Å².